The van der Waals surface area contributed by atoms with Crippen LogP contribution in [0.1, 0.15) is 30.6 Å². The standard InChI is InChI=1S/C20H20N4O4/c1-13(15-7-4-5-10-21-15)22-17(25)12-24-18(26)20(23-19(24)27)9-11-28-16-8-3-2-6-14(16)20/h2-8,10,13H,9,11-12H2,1H3,(H,22,25)(H,23,27)/t13-,20+/m0/s1. The zero-order valence-corrected chi connectivity index (χ0v) is 15.3. The van der Waals surface area contributed by atoms with Gasteiger partial charge in [0.2, 0.25) is 5.91 Å². The lowest BCUT2D eigenvalue weighted by atomic mass is 9.84. The van der Waals surface area contributed by atoms with Gasteiger partial charge in [-0.3, -0.25) is 19.5 Å². The number of para-hydroxylation sites is 1. The molecule has 2 aromatic rings. The van der Waals surface area contributed by atoms with E-state index in [1.165, 1.54) is 0 Å². The molecule has 0 bridgehead atoms. The third-order valence-electron chi connectivity index (χ3n) is 5.07. The van der Waals surface area contributed by atoms with Crippen LogP contribution in [-0.2, 0) is 15.1 Å². The molecule has 0 radical (unpaired) electrons. The Kier molecular flexibility index (Phi) is 4.46. The Balaban J connectivity index is 1.50. The van der Waals surface area contributed by atoms with Crippen molar-refractivity contribution in [1.82, 2.24) is 20.5 Å². The molecule has 1 aromatic heterocycles. The first-order chi connectivity index (χ1) is 13.5. The summed E-state index contributed by atoms with van der Waals surface area (Å²) in [4.78, 5) is 43.3. The largest absolute Gasteiger partial charge is 0.493 e. The number of carbonyl (C=O) groups is 3. The highest BCUT2D eigenvalue weighted by atomic mass is 16.5. The number of imide groups is 1. The van der Waals surface area contributed by atoms with Gasteiger partial charge in [-0.2, -0.15) is 0 Å². The summed E-state index contributed by atoms with van der Waals surface area (Å²) in [6.07, 6.45) is 1.96. The second-order valence-electron chi connectivity index (χ2n) is 6.87. The van der Waals surface area contributed by atoms with Gasteiger partial charge in [-0.25, -0.2) is 4.79 Å². The molecule has 0 unspecified atom stereocenters. The predicted octanol–water partition coefficient (Wildman–Crippen LogP) is 1.49. The monoisotopic (exact) mass is 380 g/mol. The molecule has 2 atom stereocenters. The quantitative estimate of drug-likeness (QED) is 0.783. The van der Waals surface area contributed by atoms with Crippen molar-refractivity contribution in [2.75, 3.05) is 13.2 Å². The summed E-state index contributed by atoms with van der Waals surface area (Å²) < 4.78 is 5.60. The summed E-state index contributed by atoms with van der Waals surface area (Å²) >= 11 is 0. The lowest BCUT2D eigenvalue weighted by Crippen LogP contribution is -2.48. The molecular formula is C20H20N4O4. The number of nitrogens with one attached hydrogen (secondary N) is 2. The molecule has 0 aliphatic carbocycles. The van der Waals surface area contributed by atoms with E-state index in [9.17, 15) is 14.4 Å². The number of amides is 4. The first kappa shape index (κ1) is 18.0. The molecule has 1 spiro atoms. The van der Waals surface area contributed by atoms with Crippen LogP contribution in [0.3, 0.4) is 0 Å². The highest BCUT2D eigenvalue weighted by Gasteiger charge is 2.55. The van der Waals surface area contributed by atoms with Crippen LogP contribution in [0.25, 0.3) is 0 Å². The summed E-state index contributed by atoms with van der Waals surface area (Å²) in [7, 11) is 0. The average Bonchev–Trinajstić information content (AvgIpc) is 2.94. The van der Waals surface area contributed by atoms with E-state index >= 15 is 0 Å². The van der Waals surface area contributed by atoms with Crippen LogP contribution in [0.5, 0.6) is 5.75 Å². The van der Waals surface area contributed by atoms with E-state index in [1.54, 1.807) is 43.5 Å². The second-order valence-corrected chi connectivity index (χ2v) is 6.87. The van der Waals surface area contributed by atoms with Crippen LogP contribution in [0.15, 0.2) is 48.7 Å². The molecule has 1 saturated heterocycles. The molecule has 2 N–H and O–H groups in total. The molecule has 4 rings (SSSR count). The molecule has 4 amide bonds. The Morgan fingerprint density at radius 3 is 2.86 bits per heavy atom. The van der Waals surface area contributed by atoms with Crippen molar-refractivity contribution in [3.8, 4) is 5.75 Å². The topological polar surface area (TPSA) is 101 Å². The number of fused-ring (bicyclic) bond motifs is 2. The maximum absolute atomic E-state index is 13.1. The highest BCUT2D eigenvalue weighted by molar-refractivity contribution is 6.09. The van der Waals surface area contributed by atoms with E-state index in [1.807, 2.05) is 12.1 Å². The van der Waals surface area contributed by atoms with Crippen molar-refractivity contribution >= 4 is 17.8 Å². The van der Waals surface area contributed by atoms with Crippen LogP contribution >= 0.6 is 0 Å². The SMILES string of the molecule is C[C@H](NC(=O)CN1C(=O)N[C@@]2(CCOc3ccccc32)C1=O)c1ccccn1. The van der Waals surface area contributed by atoms with Crippen molar-refractivity contribution in [3.05, 3.63) is 59.9 Å². The van der Waals surface area contributed by atoms with E-state index in [4.69, 9.17) is 4.74 Å². The molecule has 2 aliphatic rings. The maximum Gasteiger partial charge on any atom is 0.325 e. The molecular weight excluding hydrogens is 360 g/mol. The van der Waals surface area contributed by atoms with Crippen molar-refractivity contribution < 1.29 is 19.1 Å². The minimum absolute atomic E-state index is 0.305. The van der Waals surface area contributed by atoms with Crippen molar-refractivity contribution in [2.45, 2.75) is 24.9 Å². The van der Waals surface area contributed by atoms with Gasteiger partial charge in [-0.05, 0) is 25.1 Å². The first-order valence-electron chi connectivity index (χ1n) is 9.08. The number of benzene rings is 1. The van der Waals surface area contributed by atoms with Crippen LogP contribution < -0.4 is 15.4 Å². The normalized spacial score (nSPS) is 21.7. The average molecular weight is 380 g/mol. The summed E-state index contributed by atoms with van der Waals surface area (Å²) in [5.74, 6) is -0.301. The third-order valence-corrected chi connectivity index (χ3v) is 5.07. The van der Waals surface area contributed by atoms with Crippen LogP contribution in [-0.4, -0.2) is 40.9 Å². The van der Waals surface area contributed by atoms with E-state index in [0.29, 0.717) is 30.0 Å². The van der Waals surface area contributed by atoms with Crippen LogP contribution in [0.4, 0.5) is 4.79 Å². The number of rotatable bonds is 4. The minimum Gasteiger partial charge on any atom is -0.493 e. The van der Waals surface area contributed by atoms with Gasteiger partial charge in [0.1, 0.15) is 12.3 Å². The Morgan fingerprint density at radius 2 is 2.07 bits per heavy atom. The number of ether oxygens (including phenoxy) is 1. The molecule has 28 heavy (non-hydrogen) atoms. The van der Waals surface area contributed by atoms with Gasteiger partial charge in [0, 0.05) is 18.2 Å². The summed E-state index contributed by atoms with van der Waals surface area (Å²) in [5.41, 5.74) is 0.131. The van der Waals surface area contributed by atoms with Crippen molar-refractivity contribution in [3.63, 3.8) is 0 Å². The summed E-state index contributed by atoms with van der Waals surface area (Å²) in [6, 6.07) is 11.6. The number of hydrogen-bond acceptors (Lipinski definition) is 5. The Labute approximate surface area is 161 Å². The first-order valence-corrected chi connectivity index (χ1v) is 9.08. The lowest BCUT2D eigenvalue weighted by Gasteiger charge is -2.33. The Hall–Kier alpha value is -3.42. The maximum atomic E-state index is 13.1. The fourth-order valence-corrected chi connectivity index (χ4v) is 3.65. The zero-order chi connectivity index (χ0) is 19.7. The van der Waals surface area contributed by atoms with E-state index in [2.05, 4.69) is 15.6 Å². The molecule has 0 saturated carbocycles. The minimum atomic E-state index is -1.18. The Bertz CT molecular complexity index is 933. The number of carbonyl (C=O) groups excluding carboxylic acids is 3. The van der Waals surface area contributed by atoms with Gasteiger partial charge < -0.3 is 15.4 Å². The van der Waals surface area contributed by atoms with Gasteiger partial charge in [-0.15, -0.1) is 0 Å². The van der Waals surface area contributed by atoms with Gasteiger partial charge in [-0.1, -0.05) is 24.3 Å². The van der Waals surface area contributed by atoms with Crippen molar-refractivity contribution in [2.24, 2.45) is 0 Å². The number of aromatic nitrogens is 1. The molecule has 8 heteroatoms. The lowest BCUT2D eigenvalue weighted by molar-refractivity contribution is -0.136. The molecule has 3 heterocycles. The van der Waals surface area contributed by atoms with Gasteiger partial charge in [0.25, 0.3) is 5.91 Å². The number of nitrogens with zero attached hydrogens (tertiary/aromatic N) is 2. The molecule has 144 valence electrons. The number of pyridine rings is 1. The number of hydrogen-bond donors (Lipinski definition) is 2. The smallest absolute Gasteiger partial charge is 0.325 e. The number of urea groups is 1. The van der Waals surface area contributed by atoms with Crippen LogP contribution in [0, 0.1) is 0 Å². The molecule has 1 fully saturated rings. The molecule has 1 aromatic carbocycles. The fourth-order valence-electron chi connectivity index (χ4n) is 3.65. The Morgan fingerprint density at radius 1 is 1.29 bits per heavy atom. The van der Waals surface area contributed by atoms with E-state index in [-0.39, 0.29) is 12.6 Å². The fraction of sp³-hybridized carbons (Fsp3) is 0.300. The predicted molar refractivity (Wildman–Crippen MR) is 99.3 cm³/mol. The molecule has 2 aliphatic heterocycles. The summed E-state index contributed by atoms with van der Waals surface area (Å²) in [6.45, 7) is 1.74. The van der Waals surface area contributed by atoms with Crippen LogP contribution in [0.2, 0.25) is 0 Å². The second kappa shape index (κ2) is 6.95. The summed E-state index contributed by atoms with van der Waals surface area (Å²) in [5, 5.41) is 5.56. The third kappa shape index (κ3) is 2.96. The van der Waals surface area contributed by atoms with E-state index < -0.39 is 23.4 Å². The van der Waals surface area contributed by atoms with Crippen molar-refractivity contribution in [1.29, 1.82) is 0 Å². The van der Waals surface area contributed by atoms with Gasteiger partial charge in [0.15, 0.2) is 5.54 Å². The van der Waals surface area contributed by atoms with E-state index in [0.717, 1.165) is 4.90 Å². The molecule has 8 nitrogen and oxygen atoms in total. The highest BCUT2D eigenvalue weighted by Crippen LogP contribution is 2.40. The zero-order valence-electron chi connectivity index (χ0n) is 15.3. The van der Waals surface area contributed by atoms with Gasteiger partial charge >= 0.3 is 6.03 Å². The van der Waals surface area contributed by atoms with Gasteiger partial charge in [0.05, 0.1) is 18.3 Å².